The summed E-state index contributed by atoms with van der Waals surface area (Å²) >= 11 is 0. The van der Waals surface area contributed by atoms with Gasteiger partial charge in [0, 0.05) is 18.1 Å². The molecule has 2 heteroatoms. The molecule has 0 bridgehead atoms. The SMILES string of the molecule is CC[n+]1c(C(C)C)ccc2cc(OC)ccc21. The van der Waals surface area contributed by atoms with Crippen molar-refractivity contribution in [3.8, 4) is 5.75 Å². The zero-order chi connectivity index (χ0) is 12.4. The fraction of sp³-hybridized carbons (Fsp3) is 0.400. The Bertz CT molecular complexity index is 532. The fourth-order valence-corrected chi connectivity index (χ4v) is 2.30. The first-order valence-electron chi connectivity index (χ1n) is 6.18. The van der Waals surface area contributed by atoms with Crippen LogP contribution in [0.5, 0.6) is 5.75 Å². The molecule has 0 aliphatic heterocycles. The Kier molecular flexibility index (Phi) is 3.32. The number of rotatable bonds is 3. The molecule has 17 heavy (non-hydrogen) atoms. The number of benzene rings is 1. The molecule has 0 saturated heterocycles. The number of nitrogens with zero attached hydrogens (tertiary/aromatic N) is 1. The number of aromatic nitrogens is 1. The van der Waals surface area contributed by atoms with Crippen LogP contribution in [0.4, 0.5) is 0 Å². The van der Waals surface area contributed by atoms with Crippen LogP contribution in [0.3, 0.4) is 0 Å². The molecule has 0 N–H and O–H groups in total. The van der Waals surface area contributed by atoms with Gasteiger partial charge in [0.15, 0.2) is 5.69 Å². The van der Waals surface area contributed by atoms with Crippen molar-refractivity contribution in [3.63, 3.8) is 0 Å². The van der Waals surface area contributed by atoms with Crippen LogP contribution < -0.4 is 9.30 Å². The van der Waals surface area contributed by atoms with Gasteiger partial charge in [0.05, 0.1) is 12.5 Å². The van der Waals surface area contributed by atoms with Crippen LogP contribution in [0.25, 0.3) is 10.9 Å². The van der Waals surface area contributed by atoms with E-state index < -0.39 is 0 Å². The van der Waals surface area contributed by atoms with E-state index in [-0.39, 0.29) is 0 Å². The molecule has 1 heterocycles. The average Bonchev–Trinajstić information content (AvgIpc) is 2.36. The second-order valence-electron chi connectivity index (χ2n) is 4.58. The van der Waals surface area contributed by atoms with Gasteiger partial charge in [-0.25, -0.2) is 0 Å². The highest BCUT2D eigenvalue weighted by atomic mass is 16.5. The molecular weight excluding hydrogens is 210 g/mol. The molecule has 0 atom stereocenters. The first-order valence-corrected chi connectivity index (χ1v) is 6.18. The topological polar surface area (TPSA) is 13.1 Å². The van der Waals surface area contributed by atoms with Gasteiger partial charge in [0.2, 0.25) is 5.52 Å². The van der Waals surface area contributed by atoms with Gasteiger partial charge in [-0.1, -0.05) is 13.8 Å². The number of aryl methyl sites for hydroxylation is 1. The van der Waals surface area contributed by atoms with Crippen molar-refractivity contribution in [1.82, 2.24) is 0 Å². The molecule has 2 aromatic rings. The molecule has 0 unspecified atom stereocenters. The monoisotopic (exact) mass is 230 g/mol. The lowest BCUT2D eigenvalue weighted by molar-refractivity contribution is -0.676. The van der Waals surface area contributed by atoms with Crippen LogP contribution in [0, 0.1) is 0 Å². The molecule has 0 amide bonds. The van der Waals surface area contributed by atoms with Crippen molar-refractivity contribution >= 4 is 10.9 Å². The van der Waals surface area contributed by atoms with Gasteiger partial charge in [-0.2, -0.15) is 4.57 Å². The van der Waals surface area contributed by atoms with Gasteiger partial charge in [-0.3, -0.25) is 0 Å². The Balaban J connectivity index is 2.69. The van der Waals surface area contributed by atoms with Gasteiger partial charge in [0.1, 0.15) is 12.3 Å². The van der Waals surface area contributed by atoms with Gasteiger partial charge in [-0.05, 0) is 25.1 Å². The van der Waals surface area contributed by atoms with Crippen LogP contribution >= 0.6 is 0 Å². The molecule has 0 saturated carbocycles. The molecular formula is C15H20NO+. The fourth-order valence-electron chi connectivity index (χ4n) is 2.30. The summed E-state index contributed by atoms with van der Waals surface area (Å²) in [5, 5.41) is 1.23. The van der Waals surface area contributed by atoms with E-state index in [0.29, 0.717) is 5.92 Å². The van der Waals surface area contributed by atoms with E-state index in [1.54, 1.807) is 7.11 Å². The van der Waals surface area contributed by atoms with E-state index in [1.165, 1.54) is 16.6 Å². The summed E-state index contributed by atoms with van der Waals surface area (Å²) in [6.45, 7) is 7.65. The standard InChI is InChI=1S/C15H20NO/c1-5-16-14(11(2)3)8-6-12-10-13(17-4)7-9-15(12)16/h6-11H,5H2,1-4H3/q+1. The van der Waals surface area contributed by atoms with E-state index in [0.717, 1.165) is 12.3 Å². The Morgan fingerprint density at radius 2 is 1.94 bits per heavy atom. The molecule has 1 aromatic heterocycles. The lowest BCUT2D eigenvalue weighted by Gasteiger charge is -2.09. The Morgan fingerprint density at radius 1 is 1.18 bits per heavy atom. The maximum atomic E-state index is 5.26. The zero-order valence-electron chi connectivity index (χ0n) is 11.0. The number of hydrogen-bond acceptors (Lipinski definition) is 1. The molecule has 1 aromatic carbocycles. The Labute approximate surface area is 103 Å². The van der Waals surface area contributed by atoms with E-state index in [1.807, 2.05) is 6.07 Å². The number of ether oxygens (including phenoxy) is 1. The summed E-state index contributed by atoms with van der Waals surface area (Å²) in [7, 11) is 1.71. The van der Waals surface area contributed by atoms with Crippen LogP contribution in [0.15, 0.2) is 30.3 Å². The minimum absolute atomic E-state index is 0.543. The van der Waals surface area contributed by atoms with Crippen molar-refractivity contribution in [2.24, 2.45) is 0 Å². The molecule has 90 valence electrons. The highest BCUT2D eigenvalue weighted by molar-refractivity contribution is 5.77. The third-order valence-corrected chi connectivity index (χ3v) is 3.18. The molecule has 0 radical (unpaired) electrons. The number of hydrogen-bond donors (Lipinski definition) is 0. The highest BCUT2D eigenvalue weighted by Gasteiger charge is 2.16. The first kappa shape index (κ1) is 11.9. The minimum atomic E-state index is 0.543. The molecule has 0 aliphatic carbocycles. The van der Waals surface area contributed by atoms with Crippen molar-refractivity contribution in [1.29, 1.82) is 0 Å². The average molecular weight is 230 g/mol. The zero-order valence-corrected chi connectivity index (χ0v) is 11.0. The third kappa shape index (κ3) is 2.12. The molecule has 0 aliphatic rings. The minimum Gasteiger partial charge on any atom is -0.497 e. The van der Waals surface area contributed by atoms with Crippen LogP contribution in [0.1, 0.15) is 32.4 Å². The Morgan fingerprint density at radius 3 is 2.53 bits per heavy atom. The molecule has 2 nitrogen and oxygen atoms in total. The summed E-state index contributed by atoms with van der Waals surface area (Å²) in [5.74, 6) is 1.46. The van der Waals surface area contributed by atoms with Gasteiger partial charge in [0.25, 0.3) is 0 Å². The van der Waals surface area contributed by atoms with E-state index in [4.69, 9.17) is 4.74 Å². The van der Waals surface area contributed by atoms with Crippen molar-refractivity contribution < 1.29 is 9.30 Å². The lowest BCUT2D eigenvalue weighted by Crippen LogP contribution is -2.38. The van der Waals surface area contributed by atoms with Gasteiger partial charge in [-0.15, -0.1) is 0 Å². The second-order valence-corrected chi connectivity index (χ2v) is 4.58. The number of methoxy groups -OCH3 is 1. The van der Waals surface area contributed by atoms with Crippen molar-refractivity contribution in [2.45, 2.75) is 33.2 Å². The Hall–Kier alpha value is -1.57. The maximum Gasteiger partial charge on any atom is 0.212 e. The second kappa shape index (κ2) is 4.74. The van der Waals surface area contributed by atoms with Crippen LogP contribution in [-0.2, 0) is 6.54 Å². The lowest BCUT2D eigenvalue weighted by atomic mass is 10.1. The van der Waals surface area contributed by atoms with Crippen LogP contribution in [-0.4, -0.2) is 7.11 Å². The largest absolute Gasteiger partial charge is 0.497 e. The predicted octanol–water partition coefficient (Wildman–Crippen LogP) is 3.28. The van der Waals surface area contributed by atoms with Crippen molar-refractivity contribution in [2.75, 3.05) is 7.11 Å². The highest BCUT2D eigenvalue weighted by Crippen LogP contribution is 2.20. The summed E-state index contributed by atoms with van der Waals surface area (Å²) in [4.78, 5) is 0. The van der Waals surface area contributed by atoms with Crippen molar-refractivity contribution in [3.05, 3.63) is 36.0 Å². The third-order valence-electron chi connectivity index (χ3n) is 3.18. The summed E-state index contributed by atoms with van der Waals surface area (Å²) in [5.41, 5.74) is 2.66. The summed E-state index contributed by atoms with van der Waals surface area (Å²) in [6, 6.07) is 10.7. The molecule has 0 fully saturated rings. The smallest absolute Gasteiger partial charge is 0.212 e. The number of pyridine rings is 1. The summed E-state index contributed by atoms with van der Waals surface area (Å²) in [6.07, 6.45) is 0. The first-order chi connectivity index (χ1) is 8.17. The van der Waals surface area contributed by atoms with Crippen LogP contribution in [0.2, 0.25) is 0 Å². The predicted molar refractivity (Wildman–Crippen MR) is 70.5 cm³/mol. The normalized spacial score (nSPS) is 11.1. The maximum absolute atomic E-state index is 5.26. The van der Waals surface area contributed by atoms with E-state index in [2.05, 4.69) is 49.6 Å². The molecule has 2 rings (SSSR count). The van der Waals surface area contributed by atoms with Gasteiger partial charge < -0.3 is 4.74 Å². The summed E-state index contributed by atoms with van der Waals surface area (Å²) < 4.78 is 7.64. The number of fused-ring (bicyclic) bond motifs is 1. The van der Waals surface area contributed by atoms with Gasteiger partial charge >= 0.3 is 0 Å². The van der Waals surface area contributed by atoms with E-state index >= 15 is 0 Å². The molecule has 0 spiro atoms. The quantitative estimate of drug-likeness (QED) is 0.737. The van der Waals surface area contributed by atoms with E-state index in [9.17, 15) is 0 Å².